The van der Waals surface area contributed by atoms with E-state index in [0.29, 0.717) is 22.1 Å². The third kappa shape index (κ3) is 4.97. The smallest absolute Gasteiger partial charge is 0.278 e. The Hall–Kier alpha value is -3.93. The number of hydrogen-bond acceptors (Lipinski definition) is 5. The third-order valence-corrected chi connectivity index (χ3v) is 5.13. The summed E-state index contributed by atoms with van der Waals surface area (Å²) < 4.78 is 79.5. The lowest BCUT2D eigenvalue weighted by atomic mass is 10.1. The Morgan fingerprint density at radius 2 is 1.77 bits per heavy atom. The van der Waals surface area contributed by atoms with Crippen LogP contribution in [-0.2, 0) is 13.2 Å². The summed E-state index contributed by atoms with van der Waals surface area (Å²) in [6.07, 6.45) is 2.27. The molecule has 0 aliphatic heterocycles. The Morgan fingerprint density at radius 3 is 2.46 bits per heavy atom. The summed E-state index contributed by atoms with van der Waals surface area (Å²) in [6.45, 7) is 0.754. The molecule has 1 N–H and O–H groups in total. The van der Waals surface area contributed by atoms with Gasteiger partial charge in [0.1, 0.15) is 18.1 Å². The van der Waals surface area contributed by atoms with Crippen LogP contribution in [0.1, 0.15) is 27.4 Å². The lowest BCUT2D eigenvalue weighted by Gasteiger charge is -2.08. The molecule has 0 saturated heterocycles. The second-order valence-electron chi connectivity index (χ2n) is 7.24. The monoisotopic (exact) mass is 512 g/mol. The molecule has 35 heavy (non-hydrogen) atoms. The van der Waals surface area contributed by atoms with Crippen LogP contribution >= 0.6 is 11.6 Å². The molecule has 0 fully saturated rings. The van der Waals surface area contributed by atoms with Gasteiger partial charge in [-0.25, -0.2) is 22.0 Å². The van der Waals surface area contributed by atoms with Gasteiger partial charge in [0, 0.05) is 11.2 Å². The lowest BCUT2D eigenvalue weighted by molar-refractivity contribution is 0.101. The minimum atomic E-state index is -2.25. The molecule has 0 atom stereocenters. The number of anilines is 1. The Kier molecular flexibility index (Phi) is 6.74. The summed E-state index contributed by atoms with van der Waals surface area (Å²) in [5.41, 5.74) is -0.732. The normalized spacial score (nSPS) is 11.1. The van der Waals surface area contributed by atoms with Crippen molar-refractivity contribution in [1.29, 1.82) is 0 Å². The number of ether oxygens (including phenoxy) is 1. The molecule has 2 aromatic carbocycles. The molecule has 13 heteroatoms. The van der Waals surface area contributed by atoms with Crippen LogP contribution in [0, 0.1) is 36.0 Å². The summed E-state index contributed by atoms with van der Waals surface area (Å²) >= 11 is 5.92. The second kappa shape index (κ2) is 9.74. The van der Waals surface area contributed by atoms with Crippen molar-refractivity contribution in [2.75, 3.05) is 5.32 Å². The fraction of sp³-hybridized carbons (Fsp3) is 0.136. The molecule has 0 aliphatic rings. The van der Waals surface area contributed by atoms with Gasteiger partial charge in [0.15, 0.2) is 29.0 Å². The topological polar surface area (TPSA) is 82.2 Å². The molecule has 0 bridgehead atoms. The van der Waals surface area contributed by atoms with Gasteiger partial charge in [-0.1, -0.05) is 22.8 Å². The van der Waals surface area contributed by atoms with Gasteiger partial charge >= 0.3 is 0 Å². The van der Waals surface area contributed by atoms with Crippen molar-refractivity contribution >= 4 is 23.2 Å². The Labute approximate surface area is 199 Å². The molecule has 4 rings (SSSR count). The highest BCUT2D eigenvalue weighted by Crippen LogP contribution is 2.25. The third-order valence-electron chi connectivity index (χ3n) is 4.89. The number of hydrogen-bond donors (Lipinski definition) is 1. The van der Waals surface area contributed by atoms with Gasteiger partial charge in [-0.3, -0.25) is 9.48 Å². The van der Waals surface area contributed by atoms with Gasteiger partial charge in [-0.05, 0) is 25.1 Å². The minimum Gasteiger partial charge on any atom is -0.489 e. The Morgan fingerprint density at radius 1 is 1.09 bits per heavy atom. The first-order valence-corrected chi connectivity index (χ1v) is 10.2. The average molecular weight is 513 g/mol. The summed E-state index contributed by atoms with van der Waals surface area (Å²) in [5, 5.41) is 10.4. The predicted octanol–water partition coefficient (Wildman–Crippen LogP) is 5.41. The molecule has 182 valence electrons. The number of halogens is 6. The summed E-state index contributed by atoms with van der Waals surface area (Å²) in [7, 11) is 0. The Bertz CT molecular complexity index is 1390. The molecule has 0 aliphatic carbocycles. The zero-order chi connectivity index (χ0) is 25.3. The molecule has 1 amide bonds. The number of carbonyl (C=O) groups is 1. The zero-order valence-electron chi connectivity index (χ0n) is 17.7. The van der Waals surface area contributed by atoms with Crippen molar-refractivity contribution in [1.82, 2.24) is 14.9 Å². The number of benzene rings is 2. The van der Waals surface area contributed by atoms with E-state index >= 15 is 0 Å². The summed E-state index contributed by atoms with van der Waals surface area (Å²) in [5.74, 6) is -10.2. The lowest BCUT2D eigenvalue weighted by Crippen LogP contribution is -2.15. The molecular weight excluding hydrogens is 499 g/mol. The molecule has 0 spiro atoms. The quantitative estimate of drug-likeness (QED) is 0.203. The van der Waals surface area contributed by atoms with Crippen molar-refractivity contribution in [2.24, 2.45) is 0 Å². The number of carbonyl (C=O) groups excluding carboxylic acids is 1. The molecule has 2 aromatic heterocycles. The maximum Gasteiger partial charge on any atom is 0.278 e. The maximum absolute atomic E-state index is 13.9. The molecule has 2 heterocycles. The van der Waals surface area contributed by atoms with E-state index in [1.165, 1.54) is 0 Å². The van der Waals surface area contributed by atoms with Crippen LogP contribution in [0.4, 0.5) is 27.6 Å². The van der Waals surface area contributed by atoms with E-state index in [1.807, 2.05) is 0 Å². The molecule has 0 radical (unpaired) electrons. The van der Waals surface area contributed by atoms with Crippen molar-refractivity contribution in [3.63, 3.8) is 0 Å². The first-order valence-electron chi connectivity index (χ1n) is 9.83. The summed E-state index contributed by atoms with van der Waals surface area (Å²) in [4.78, 5) is 12.7. The highest BCUT2D eigenvalue weighted by atomic mass is 35.5. The first-order chi connectivity index (χ1) is 16.7. The predicted molar refractivity (Wildman–Crippen MR) is 113 cm³/mol. The second-order valence-corrected chi connectivity index (χ2v) is 7.68. The number of aromatic nitrogens is 3. The fourth-order valence-electron chi connectivity index (χ4n) is 3.11. The molecule has 4 aromatic rings. The molecule has 0 unspecified atom stereocenters. The van der Waals surface area contributed by atoms with Crippen molar-refractivity contribution < 1.29 is 36.0 Å². The van der Waals surface area contributed by atoms with E-state index in [9.17, 15) is 26.7 Å². The minimum absolute atomic E-state index is 0.0576. The van der Waals surface area contributed by atoms with E-state index in [-0.39, 0.29) is 18.0 Å². The van der Waals surface area contributed by atoms with Crippen molar-refractivity contribution in [3.8, 4) is 5.75 Å². The van der Waals surface area contributed by atoms with E-state index in [1.54, 1.807) is 31.2 Å². The molecule has 0 saturated carbocycles. The highest BCUT2D eigenvalue weighted by Gasteiger charge is 2.26. The molecule has 7 nitrogen and oxygen atoms in total. The first kappa shape index (κ1) is 24.2. The van der Waals surface area contributed by atoms with Gasteiger partial charge in [-0.2, -0.15) is 5.10 Å². The van der Waals surface area contributed by atoms with Crippen LogP contribution in [0.15, 0.2) is 41.2 Å². The summed E-state index contributed by atoms with van der Waals surface area (Å²) in [6, 6.07) is 6.62. The van der Waals surface area contributed by atoms with Gasteiger partial charge in [0.05, 0.1) is 29.6 Å². The number of nitrogens with zero attached hydrogens (tertiary/aromatic N) is 3. The van der Waals surface area contributed by atoms with E-state index in [0.717, 1.165) is 17.1 Å². The van der Waals surface area contributed by atoms with Gasteiger partial charge in [0.25, 0.3) is 5.91 Å². The van der Waals surface area contributed by atoms with Gasteiger partial charge in [0.2, 0.25) is 5.82 Å². The van der Waals surface area contributed by atoms with Crippen molar-refractivity contribution in [3.05, 3.63) is 93.3 Å². The fourth-order valence-corrected chi connectivity index (χ4v) is 3.29. The van der Waals surface area contributed by atoms with Crippen LogP contribution < -0.4 is 10.1 Å². The van der Waals surface area contributed by atoms with E-state index < -0.39 is 47.1 Å². The van der Waals surface area contributed by atoms with Crippen molar-refractivity contribution in [2.45, 2.75) is 20.1 Å². The number of nitrogens with one attached hydrogen (secondary N) is 1. The number of rotatable bonds is 7. The maximum atomic E-state index is 13.9. The average Bonchev–Trinajstić information content (AvgIpc) is 3.43. The molecular formula is C22H14ClF5N4O3. The SMILES string of the molecule is Cc1onc(C(=O)Nc2cnn(Cc3c(F)c(F)c(F)c(F)c3F)c2)c1COc1cccc(Cl)c1. The zero-order valence-corrected chi connectivity index (χ0v) is 18.5. The van der Waals surface area contributed by atoms with Crippen LogP contribution in [0.25, 0.3) is 0 Å². The highest BCUT2D eigenvalue weighted by molar-refractivity contribution is 6.30. The Balaban J connectivity index is 1.48. The number of amides is 1. The van der Waals surface area contributed by atoms with Crippen LogP contribution in [0.3, 0.4) is 0 Å². The van der Waals surface area contributed by atoms with E-state index in [4.69, 9.17) is 20.9 Å². The van der Waals surface area contributed by atoms with Gasteiger partial charge < -0.3 is 14.6 Å². The van der Waals surface area contributed by atoms with Crippen LogP contribution in [-0.4, -0.2) is 20.8 Å². The standard InChI is InChI=1S/C22H14ClF5N4O3/c1-10-15(9-34-13-4-2-3-11(23)5-13)21(31-35-10)22(33)30-12-6-29-32(7-12)8-14-16(24)18(26)20(28)19(27)17(14)25/h2-7H,8-9H2,1H3,(H,30,33). The van der Waals surface area contributed by atoms with Crippen LogP contribution in [0.2, 0.25) is 5.02 Å². The van der Waals surface area contributed by atoms with Gasteiger partial charge in [-0.15, -0.1) is 0 Å². The van der Waals surface area contributed by atoms with Crippen LogP contribution in [0.5, 0.6) is 5.75 Å². The largest absolute Gasteiger partial charge is 0.489 e. The van der Waals surface area contributed by atoms with E-state index in [2.05, 4.69) is 15.6 Å². The number of aryl methyl sites for hydroxylation is 1.